The van der Waals surface area contributed by atoms with E-state index in [0.29, 0.717) is 11.3 Å². The normalized spacial score (nSPS) is 13.2. The molecule has 0 aliphatic heterocycles. The van der Waals surface area contributed by atoms with Crippen LogP contribution < -0.4 is 10.6 Å². The van der Waals surface area contributed by atoms with E-state index in [2.05, 4.69) is 10.6 Å². The molecule has 0 radical (unpaired) electrons. The Labute approximate surface area is 132 Å². The Balaban J connectivity index is 1.94. The van der Waals surface area contributed by atoms with Gasteiger partial charge in [0, 0.05) is 5.69 Å². The van der Waals surface area contributed by atoms with Gasteiger partial charge in [0.15, 0.2) is 0 Å². The van der Waals surface area contributed by atoms with Gasteiger partial charge < -0.3 is 20.2 Å². The highest BCUT2D eigenvalue weighted by Gasteiger charge is 2.28. The first kappa shape index (κ1) is 16.7. The topological polar surface area (TPSA) is 91.6 Å². The van der Waals surface area contributed by atoms with Gasteiger partial charge in [-0.3, -0.25) is 9.59 Å². The van der Waals surface area contributed by atoms with Crippen LogP contribution >= 0.6 is 0 Å². The van der Waals surface area contributed by atoms with Gasteiger partial charge in [0.2, 0.25) is 0 Å². The number of carbonyl (C=O) groups excluding carboxylic acids is 2. The predicted octanol–water partition coefficient (Wildman–Crippen LogP) is 1.69. The van der Waals surface area contributed by atoms with Crippen LogP contribution in [0.25, 0.3) is 0 Å². The van der Waals surface area contributed by atoms with Crippen molar-refractivity contribution in [1.82, 2.24) is 5.32 Å². The van der Waals surface area contributed by atoms with Crippen LogP contribution in [0.3, 0.4) is 0 Å². The van der Waals surface area contributed by atoms with E-state index in [-0.39, 0.29) is 12.3 Å². The minimum Gasteiger partial charge on any atom is -0.466 e. The monoisotopic (exact) mass is 320 g/mol. The molecule has 0 aliphatic rings. The quantitative estimate of drug-likeness (QED) is 0.748. The van der Waals surface area contributed by atoms with Gasteiger partial charge in [-0.2, -0.15) is 0 Å². The summed E-state index contributed by atoms with van der Waals surface area (Å²) >= 11 is 0. The van der Waals surface area contributed by atoms with E-state index in [1.54, 1.807) is 19.1 Å². The summed E-state index contributed by atoms with van der Waals surface area (Å²) < 4.78 is 18.1. The van der Waals surface area contributed by atoms with E-state index < -0.39 is 23.2 Å². The van der Waals surface area contributed by atoms with E-state index in [4.69, 9.17) is 4.42 Å². The molecule has 2 aromatic rings. The zero-order valence-corrected chi connectivity index (χ0v) is 12.7. The summed E-state index contributed by atoms with van der Waals surface area (Å²) in [6.45, 7) is 2.86. The van der Waals surface area contributed by atoms with Gasteiger partial charge in [0.25, 0.3) is 0 Å². The van der Waals surface area contributed by atoms with Gasteiger partial charge in [-0.25, -0.2) is 4.39 Å². The number of amides is 2. The molecule has 0 aliphatic carbocycles. The molecule has 6 nitrogen and oxygen atoms in total. The number of aryl methyl sites for hydroxylation is 1. The number of aliphatic hydroxyl groups is 1. The van der Waals surface area contributed by atoms with Crippen LogP contribution in [0.4, 0.5) is 10.1 Å². The van der Waals surface area contributed by atoms with Crippen LogP contribution in [0.15, 0.2) is 41.0 Å². The second-order valence-corrected chi connectivity index (χ2v) is 5.35. The van der Waals surface area contributed by atoms with Crippen molar-refractivity contribution in [2.75, 3.05) is 11.9 Å². The molecule has 1 aromatic carbocycles. The van der Waals surface area contributed by atoms with Gasteiger partial charge in [0.1, 0.15) is 17.2 Å². The summed E-state index contributed by atoms with van der Waals surface area (Å²) in [6, 6.07) is 6.97. The Morgan fingerprint density at radius 3 is 2.65 bits per heavy atom. The number of carbonyl (C=O) groups is 2. The van der Waals surface area contributed by atoms with Crippen molar-refractivity contribution in [2.24, 2.45) is 0 Å². The van der Waals surface area contributed by atoms with E-state index >= 15 is 0 Å². The number of benzene rings is 1. The lowest BCUT2D eigenvalue weighted by atomic mass is 10.0. The highest BCUT2D eigenvalue weighted by molar-refractivity contribution is 6.39. The Morgan fingerprint density at radius 2 is 2.04 bits per heavy atom. The van der Waals surface area contributed by atoms with Crippen LogP contribution in [0.5, 0.6) is 0 Å². The fourth-order valence-electron chi connectivity index (χ4n) is 1.95. The molecular formula is C16H17FN2O4. The molecule has 2 amide bonds. The summed E-state index contributed by atoms with van der Waals surface area (Å²) in [4.78, 5) is 23.6. The van der Waals surface area contributed by atoms with Gasteiger partial charge in [0.05, 0.1) is 12.8 Å². The zero-order chi connectivity index (χ0) is 17.0. The standard InChI is InChI=1S/C16H17FN2O4/c1-10-8-11(17)5-6-12(10)19-15(21)14(20)18-9-16(2,22)13-4-3-7-23-13/h3-8,22H,9H2,1-2H3,(H,18,20)(H,19,21). The third kappa shape index (κ3) is 4.17. The highest BCUT2D eigenvalue weighted by atomic mass is 19.1. The molecular weight excluding hydrogens is 303 g/mol. The second-order valence-electron chi connectivity index (χ2n) is 5.35. The van der Waals surface area contributed by atoms with Crippen LogP contribution in [0, 0.1) is 12.7 Å². The molecule has 23 heavy (non-hydrogen) atoms. The van der Waals surface area contributed by atoms with E-state index in [1.165, 1.54) is 31.4 Å². The summed E-state index contributed by atoms with van der Waals surface area (Å²) in [5, 5.41) is 14.9. The maximum atomic E-state index is 13.0. The Kier molecular flexibility index (Phi) is 4.80. The number of hydrogen-bond acceptors (Lipinski definition) is 4. The lowest BCUT2D eigenvalue weighted by molar-refractivity contribution is -0.136. The summed E-state index contributed by atoms with van der Waals surface area (Å²) in [5.74, 6) is -1.98. The van der Waals surface area contributed by atoms with E-state index in [1.807, 2.05) is 0 Å². The molecule has 1 heterocycles. The molecule has 0 fully saturated rings. The van der Waals surface area contributed by atoms with Crippen molar-refractivity contribution in [2.45, 2.75) is 19.4 Å². The van der Waals surface area contributed by atoms with E-state index in [9.17, 15) is 19.1 Å². The SMILES string of the molecule is Cc1cc(F)ccc1NC(=O)C(=O)NCC(C)(O)c1ccco1. The van der Waals surface area contributed by atoms with Crippen molar-refractivity contribution in [3.63, 3.8) is 0 Å². The summed E-state index contributed by atoms with van der Waals surface area (Å²) in [5.41, 5.74) is -0.608. The average molecular weight is 320 g/mol. The van der Waals surface area contributed by atoms with Crippen LogP contribution in [0.1, 0.15) is 18.2 Å². The molecule has 3 N–H and O–H groups in total. The molecule has 7 heteroatoms. The first-order chi connectivity index (χ1) is 10.8. The molecule has 0 saturated carbocycles. The van der Waals surface area contributed by atoms with Gasteiger partial charge in [-0.1, -0.05) is 0 Å². The first-order valence-electron chi connectivity index (χ1n) is 6.91. The Morgan fingerprint density at radius 1 is 1.30 bits per heavy atom. The molecule has 0 saturated heterocycles. The first-order valence-corrected chi connectivity index (χ1v) is 6.91. The third-order valence-corrected chi connectivity index (χ3v) is 3.29. The second kappa shape index (κ2) is 6.62. The number of rotatable bonds is 4. The fraction of sp³-hybridized carbons (Fsp3) is 0.250. The van der Waals surface area contributed by atoms with Crippen molar-refractivity contribution >= 4 is 17.5 Å². The molecule has 122 valence electrons. The zero-order valence-electron chi connectivity index (χ0n) is 12.7. The maximum absolute atomic E-state index is 13.0. The number of hydrogen-bond donors (Lipinski definition) is 3. The summed E-state index contributed by atoms with van der Waals surface area (Å²) in [6.07, 6.45) is 1.40. The molecule has 1 atom stereocenters. The van der Waals surface area contributed by atoms with Crippen LogP contribution in [0.2, 0.25) is 0 Å². The predicted molar refractivity (Wildman–Crippen MR) is 81.1 cm³/mol. The molecule has 1 aromatic heterocycles. The van der Waals surface area contributed by atoms with Crippen molar-refractivity contribution in [3.05, 3.63) is 53.7 Å². The third-order valence-electron chi connectivity index (χ3n) is 3.29. The minimum absolute atomic E-state index is 0.199. The van der Waals surface area contributed by atoms with Crippen LogP contribution in [-0.4, -0.2) is 23.5 Å². The Bertz CT molecular complexity index is 711. The Hall–Kier alpha value is -2.67. The van der Waals surface area contributed by atoms with Gasteiger partial charge in [-0.15, -0.1) is 0 Å². The minimum atomic E-state index is -1.44. The number of furan rings is 1. The molecule has 1 unspecified atom stereocenters. The van der Waals surface area contributed by atoms with Crippen molar-refractivity contribution < 1.29 is 23.5 Å². The largest absolute Gasteiger partial charge is 0.466 e. The van der Waals surface area contributed by atoms with Gasteiger partial charge in [-0.05, 0) is 49.7 Å². The van der Waals surface area contributed by atoms with E-state index in [0.717, 1.165) is 0 Å². The number of halogens is 1. The lowest BCUT2D eigenvalue weighted by Gasteiger charge is -2.20. The molecule has 2 rings (SSSR count). The lowest BCUT2D eigenvalue weighted by Crippen LogP contribution is -2.43. The summed E-state index contributed by atoms with van der Waals surface area (Å²) in [7, 11) is 0. The van der Waals surface area contributed by atoms with Crippen molar-refractivity contribution in [1.29, 1.82) is 0 Å². The smallest absolute Gasteiger partial charge is 0.313 e. The number of anilines is 1. The maximum Gasteiger partial charge on any atom is 0.313 e. The fourth-order valence-corrected chi connectivity index (χ4v) is 1.95. The number of nitrogens with one attached hydrogen (secondary N) is 2. The van der Waals surface area contributed by atoms with Gasteiger partial charge >= 0.3 is 11.8 Å². The van der Waals surface area contributed by atoms with Crippen molar-refractivity contribution in [3.8, 4) is 0 Å². The molecule has 0 bridgehead atoms. The average Bonchev–Trinajstić information content (AvgIpc) is 3.02. The molecule has 0 spiro atoms. The highest BCUT2D eigenvalue weighted by Crippen LogP contribution is 2.20. The van der Waals surface area contributed by atoms with Crippen LogP contribution in [-0.2, 0) is 15.2 Å².